The van der Waals surface area contributed by atoms with Gasteiger partial charge in [-0.3, -0.25) is 9.59 Å². The minimum Gasteiger partial charge on any atom is -0.461 e. The Morgan fingerprint density at radius 3 is 2.83 bits per heavy atom. The van der Waals surface area contributed by atoms with E-state index in [4.69, 9.17) is 4.74 Å². The van der Waals surface area contributed by atoms with Gasteiger partial charge < -0.3 is 14.7 Å². The third-order valence-corrected chi connectivity index (χ3v) is 8.39. The van der Waals surface area contributed by atoms with Crippen molar-refractivity contribution < 1.29 is 19.4 Å². The molecule has 1 N–H and O–H groups in total. The summed E-state index contributed by atoms with van der Waals surface area (Å²) in [6, 6.07) is 0. The Labute approximate surface area is 179 Å². The fourth-order valence-electron chi connectivity index (χ4n) is 5.88. The highest BCUT2D eigenvalue weighted by Crippen LogP contribution is 2.58. The molecule has 6 heteroatoms. The molecule has 3 aliphatic carbocycles. The summed E-state index contributed by atoms with van der Waals surface area (Å²) in [7, 11) is 0. The number of esters is 1. The summed E-state index contributed by atoms with van der Waals surface area (Å²) in [5.41, 5.74) is 0.632. The van der Waals surface area contributed by atoms with Crippen LogP contribution in [0.25, 0.3) is 0 Å². The first-order chi connectivity index (χ1) is 13.9. The maximum absolute atomic E-state index is 12.8. The number of Topliss-reactive ketones (excluding diaryl/α,β-unsaturated/α-hetero) is 1. The zero-order valence-corrected chi connectivity index (χ0v) is 18.8. The van der Waals surface area contributed by atoms with E-state index in [9.17, 15) is 14.7 Å². The van der Waals surface area contributed by atoms with E-state index in [1.54, 1.807) is 11.8 Å². The predicted molar refractivity (Wildman–Crippen MR) is 117 cm³/mol. The van der Waals surface area contributed by atoms with Crippen LogP contribution in [0.2, 0.25) is 0 Å². The van der Waals surface area contributed by atoms with Gasteiger partial charge in [0.2, 0.25) is 0 Å². The Bertz CT molecular complexity index is 620. The van der Waals surface area contributed by atoms with Crippen LogP contribution < -0.4 is 0 Å². The molecule has 164 valence electrons. The van der Waals surface area contributed by atoms with Gasteiger partial charge in [0.1, 0.15) is 11.9 Å². The summed E-state index contributed by atoms with van der Waals surface area (Å²) in [6.45, 7) is 11.4. The number of rotatable bonds is 8. The van der Waals surface area contributed by atoms with E-state index in [-0.39, 0.29) is 29.3 Å². The zero-order chi connectivity index (χ0) is 21.0. The van der Waals surface area contributed by atoms with Gasteiger partial charge in [0, 0.05) is 37.0 Å². The summed E-state index contributed by atoms with van der Waals surface area (Å²) < 4.78 is 5.95. The Kier molecular flexibility index (Phi) is 7.85. The normalized spacial score (nSPS) is 34.6. The van der Waals surface area contributed by atoms with Crippen LogP contribution in [-0.2, 0) is 14.3 Å². The summed E-state index contributed by atoms with van der Waals surface area (Å²) in [6.07, 6.45) is 4.59. The minimum absolute atomic E-state index is 0.0629. The molecular weight excluding hydrogens is 386 g/mol. The second kappa shape index (κ2) is 9.97. The maximum atomic E-state index is 12.8. The smallest absolute Gasteiger partial charge is 0.316 e. The molecule has 3 fully saturated rings. The SMILES string of the molecule is C=C1C[C@@H](OC(=O)CSCCN(CC)CC)C2CCCC3(CCC(=O)C23)C[C@@H]1O. The lowest BCUT2D eigenvalue weighted by atomic mass is 9.57. The number of hydrogen-bond donors (Lipinski definition) is 1. The van der Waals surface area contributed by atoms with Gasteiger partial charge in [-0.2, -0.15) is 0 Å². The van der Waals surface area contributed by atoms with E-state index in [2.05, 4.69) is 25.3 Å². The molecule has 0 saturated heterocycles. The standard InChI is InChI=1S/C23H37NO4S/c1-4-24(5-2)11-12-29-15-21(27)28-20-13-16(3)19(26)14-23-9-6-7-17(20)22(23)18(25)8-10-23/h17,19-20,22,26H,3-15H2,1-2H3/t17?,19-,20+,22?,23?/m0/s1. The third kappa shape index (κ3) is 5.08. The van der Waals surface area contributed by atoms with Crippen LogP contribution in [0.1, 0.15) is 58.8 Å². The van der Waals surface area contributed by atoms with Crippen molar-refractivity contribution in [3.63, 3.8) is 0 Å². The van der Waals surface area contributed by atoms with Crippen molar-refractivity contribution in [2.24, 2.45) is 17.3 Å². The van der Waals surface area contributed by atoms with E-state index in [1.165, 1.54) is 0 Å². The molecule has 0 aromatic rings. The lowest BCUT2D eigenvalue weighted by Crippen LogP contribution is -2.48. The molecule has 2 bridgehead atoms. The molecule has 0 amide bonds. The topological polar surface area (TPSA) is 66.8 Å². The van der Waals surface area contributed by atoms with Gasteiger partial charge in [-0.05, 0) is 49.8 Å². The number of hydrogen-bond acceptors (Lipinski definition) is 6. The Morgan fingerprint density at radius 2 is 2.10 bits per heavy atom. The quantitative estimate of drug-likeness (QED) is 0.366. The molecule has 0 spiro atoms. The van der Waals surface area contributed by atoms with Crippen molar-refractivity contribution in [2.75, 3.05) is 31.1 Å². The number of nitrogens with zero attached hydrogens (tertiary/aromatic N) is 1. The van der Waals surface area contributed by atoms with Crippen molar-refractivity contribution in [3.05, 3.63) is 12.2 Å². The van der Waals surface area contributed by atoms with Crippen LogP contribution in [0.15, 0.2) is 12.2 Å². The number of carbonyl (C=O) groups is 2. The Balaban J connectivity index is 1.63. The number of ketones is 1. The van der Waals surface area contributed by atoms with Crippen molar-refractivity contribution in [2.45, 2.75) is 71.0 Å². The maximum Gasteiger partial charge on any atom is 0.316 e. The first-order valence-electron chi connectivity index (χ1n) is 11.3. The Hall–Kier alpha value is -0.850. The summed E-state index contributed by atoms with van der Waals surface area (Å²) >= 11 is 1.61. The van der Waals surface area contributed by atoms with Gasteiger partial charge in [0.25, 0.3) is 0 Å². The van der Waals surface area contributed by atoms with Crippen LogP contribution in [0.4, 0.5) is 0 Å². The van der Waals surface area contributed by atoms with Gasteiger partial charge in [-0.25, -0.2) is 0 Å². The van der Waals surface area contributed by atoms with Crippen LogP contribution in [0.3, 0.4) is 0 Å². The molecule has 3 saturated carbocycles. The molecule has 0 aromatic carbocycles. The molecule has 5 atom stereocenters. The minimum atomic E-state index is -0.605. The Morgan fingerprint density at radius 1 is 1.34 bits per heavy atom. The molecule has 3 rings (SSSR count). The van der Waals surface area contributed by atoms with E-state index in [0.717, 1.165) is 56.6 Å². The highest BCUT2D eigenvalue weighted by molar-refractivity contribution is 7.99. The summed E-state index contributed by atoms with van der Waals surface area (Å²) in [5, 5.41) is 10.7. The van der Waals surface area contributed by atoms with E-state index >= 15 is 0 Å². The molecule has 0 aliphatic heterocycles. The summed E-state index contributed by atoms with van der Waals surface area (Å²) in [4.78, 5) is 27.7. The lowest BCUT2D eigenvalue weighted by molar-refractivity contribution is -0.156. The van der Waals surface area contributed by atoms with Gasteiger partial charge in [0.15, 0.2) is 0 Å². The number of thioether (sulfide) groups is 1. The second-order valence-corrected chi connectivity index (χ2v) is 10.2. The van der Waals surface area contributed by atoms with E-state index in [1.807, 2.05) is 0 Å². The number of ether oxygens (including phenoxy) is 1. The van der Waals surface area contributed by atoms with Gasteiger partial charge in [-0.1, -0.05) is 26.8 Å². The molecule has 5 nitrogen and oxygen atoms in total. The van der Waals surface area contributed by atoms with Crippen LogP contribution in [0.5, 0.6) is 0 Å². The number of carbonyl (C=O) groups excluding carboxylic acids is 2. The largest absolute Gasteiger partial charge is 0.461 e. The van der Waals surface area contributed by atoms with Gasteiger partial charge >= 0.3 is 5.97 Å². The van der Waals surface area contributed by atoms with Crippen LogP contribution in [0, 0.1) is 17.3 Å². The molecule has 0 aromatic heterocycles. The highest BCUT2D eigenvalue weighted by Gasteiger charge is 2.57. The summed E-state index contributed by atoms with van der Waals surface area (Å²) in [5.74, 6) is 1.36. The zero-order valence-electron chi connectivity index (χ0n) is 18.0. The monoisotopic (exact) mass is 423 g/mol. The van der Waals surface area contributed by atoms with Crippen molar-refractivity contribution in [1.29, 1.82) is 0 Å². The van der Waals surface area contributed by atoms with Gasteiger partial charge in [0.05, 0.1) is 11.9 Å². The van der Waals surface area contributed by atoms with Crippen molar-refractivity contribution in [3.8, 4) is 0 Å². The molecule has 3 aliphatic rings. The second-order valence-electron chi connectivity index (χ2n) is 9.05. The van der Waals surface area contributed by atoms with E-state index in [0.29, 0.717) is 30.8 Å². The van der Waals surface area contributed by atoms with Gasteiger partial charge in [-0.15, -0.1) is 11.8 Å². The van der Waals surface area contributed by atoms with Crippen molar-refractivity contribution >= 4 is 23.5 Å². The predicted octanol–water partition coefficient (Wildman–Crippen LogP) is 3.45. The third-order valence-electron chi connectivity index (χ3n) is 7.48. The number of aliphatic hydroxyl groups excluding tert-OH is 1. The molecule has 0 heterocycles. The van der Waals surface area contributed by atoms with E-state index < -0.39 is 6.10 Å². The van der Waals surface area contributed by atoms with Crippen LogP contribution >= 0.6 is 11.8 Å². The molecular formula is C23H37NO4S. The van der Waals surface area contributed by atoms with Crippen molar-refractivity contribution in [1.82, 2.24) is 4.90 Å². The average Bonchev–Trinajstić information content (AvgIpc) is 3.03. The first kappa shape index (κ1) is 22.8. The number of aliphatic hydroxyl groups is 1. The first-order valence-corrected chi connectivity index (χ1v) is 12.4. The molecule has 29 heavy (non-hydrogen) atoms. The fraction of sp³-hybridized carbons (Fsp3) is 0.826. The highest BCUT2D eigenvalue weighted by atomic mass is 32.2. The molecule has 3 unspecified atom stereocenters. The average molecular weight is 424 g/mol. The lowest BCUT2D eigenvalue weighted by Gasteiger charge is -2.48. The fourth-order valence-corrected chi connectivity index (χ4v) is 6.65. The van der Waals surface area contributed by atoms with Crippen LogP contribution in [-0.4, -0.2) is 65.1 Å². The molecule has 0 radical (unpaired) electrons.